The molecular weight excluding hydrogens is 406 g/mol. The molecular formula is C25H27N3O4. The predicted molar refractivity (Wildman–Crippen MR) is 125 cm³/mol. The number of amides is 1. The maximum Gasteiger partial charge on any atom is 0.262 e. The van der Waals surface area contributed by atoms with E-state index in [1.807, 2.05) is 18.2 Å². The molecule has 0 bridgehead atoms. The number of aliphatic hydroxyl groups excluding tert-OH is 2. The Hall–Kier alpha value is -3.60. The fourth-order valence-electron chi connectivity index (χ4n) is 3.42. The molecule has 0 saturated carbocycles. The van der Waals surface area contributed by atoms with Gasteiger partial charge in [-0.05, 0) is 55.0 Å². The summed E-state index contributed by atoms with van der Waals surface area (Å²) < 4.78 is 5.84. The van der Waals surface area contributed by atoms with E-state index in [2.05, 4.69) is 48.3 Å². The minimum Gasteiger partial charge on any atom is -0.457 e. The normalized spacial score (nSPS) is 12.4. The summed E-state index contributed by atoms with van der Waals surface area (Å²) in [5.74, 6) is 0.346. The number of anilines is 1. The van der Waals surface area contributed by atoms with E-state index in [4.69, 9.17) is 9.52 Å². The van der Waals surface area contributed by atoms with Crippen molar-refractivity contribution in [2.45, 2.75) is 20.0 Å². The van der Waals surface area contributed by atoms with Crippen LogP contribution in [0.3, 0.4) is 0 Å². The Balaban J connectivity index is 1.80. The minimum absolute atomic E-state index is 0.148. The Bertz CT molecular complexity index is 1160. The van der Waals surface area contributed by atoms with Gasteiger partial charge in [-0.3, -0.25) is 4.79 Å². The maximum absolute atomic E-state index is 12.1. The van der Waals surface area contributed by atoms with Gasteiger partial charge in [0.2, 0.25) is 0 Å². The van der Waals surface area contributed by atoms with Gasteiger partial charge >= 0.3 is 0 Å². The molecule has 1 amide bonds. The van der Waals surface area contributed by atoms with Crippen molar-refractivity contribution in [2.75, 3.05) is 31.1 Å². The monoisotopic (exact) mass is 433 g/mol. The van der Waals surface area contributed by atoms with E-state index < -0.39 is 18.6 Å². The van der Waals surface area contributed by atoms with Crippen molar-refractivity contribution in [1.29, 1.82) is 5.26 Å². The molecule has 7 heteroatoms. The number of carbonyl (C=O) groups is 1. The number of hydrogen-bond acceptors (Lipinski definition) is 6. The van der Waals surface area contributed by atoms with Crippen LogP contribution in [0.25, 0.3) is 28.2 Å². The third-order valence-electron chi connectivity index (χ3n) is 5.22. The van der Waals surface area contributed by atoms with Crippen LogP contribution in [0.1, 0.15) is 19.6 Å². The molecule has 166 valence electrons. The average Bonchev–Trinajstić information content (AvgIpc) is 3.29. The van der Waals surface area contributed by atoms with Gasteiger partial charge in [-0.15, -0.1) is 0 Å². The van der Waals surface area contributed by atoms with Gasteiger partial charge in [0, 0.05) is 37.0 Å². The highest BCUT2D eigenvalue weighted by molar-refractivity contribution is 6.01. The van der Waals surface area contributed by atoms with Crippen LogP contribution in [-0.4, -0.2) is 48.5 Å². The molecule has 1 atom stereocenters. The van der Waals surface area contributed by atoms with Crippen LogP contribution in [0.4, 0.5) is 5.69 Å². The van der Waals surface area contributed by atoms with E-state index in [1.54, 1.807) is 12.1 Å². The number of benzene rings is 2. The first-order valence-electron chi connectivity index (χ1n) is 10.6. The average molecular weight is 434 g/mol. The van der Waals surface area contributed by atoms with Gasteiger partial charge in [0.1, 0.15) is 23.2 Å². The van der Waals surface area contributed by atoms with E-state index in [1.165, 1.54) is 11.8 Å². The van der Waals surface area contributed by atoms with Crippen molar-refractivity contribution in [3.63, 3.8) is 0 Å². The number of furan rings is 1. The molecule has 7 nitrogen and oxygen atoms in total. The second-order valence-electron chi connectivity index (χ2n) is 7.34. The smallest absolute Gasteiger partial charge is 0.262 e. The molecule has 1 heterocycles. The van der Waals surface area contributed by atoms with E-state index in [-0.39, 0.29) is 12.1 Å². The summed E-state index contributed by atoms with van der Waals surface area (Å²) >= 11 is 0. The molecule has 0 spiro atoms. The SMILES string of the molecule is CCN(CC)c1ccc2cc(-c3ccc(/C=C(\C#N)C(=O)NCC(O)CO)o3)ccc2c1. The van der Waals surface area contributed by atoms with E-state index in [0.29, 0.717) is 11.5 Å². The molecule has 1 unspecified atom stereocenters. The van der Waals surface area contributed by atoms with Crippen molar-refractivity contribution in [3.05, 3.63) is 59.9 Å². The molecule has 1 aromatic heterocycles. The standard InChI is InChI=1S/C25H27N3O4/c1-3-28(4-2)21-8-7-17-11-19(6-5-18(17)12-21)24-10-9-23(32-24)13-20(14-26)25(31)27-15-22(30)16-29/h5-13,22,29-30H,3-4,15-16H2,1-2H3,(H,27,31)/b20-13+. The first kappa shape index (κ1) is 23.1. The lowest BCUT2D eigenvalue weighted by Gasteiger charge is -2.21. The number of nitrogens with one attached hydrogen (secondary N) is 1. The fraction of sp³-hybridized carbons (Fsp3) is 0.280. The highest BCUT2D eigenvalue weighted by atomic mass is 16.3. The van der Waals surface area contributed by atoms with E-state index in [0.717, 1.165) is 29.4 Å². The van der Waals surface area contributed by atoms with Gasteiger partial charge in [0.15, 0.2) is 0 Å². The van der Waals surface area contributed by atoms with Crippen LogP contribution in [0, 0.1) is 11.3 Å². The summed E-state index contributed by atoms with van der Waals surface area (Å²) in [5.41, 5.74) is 1.93. The summed E-state index contributed by atoms with van der Waals surface area (Å²) in [6.07, 6.45) is 0.270. The second-order valence-corrected chi connectivity index (χ2v) is 7.34. The molecule has 0 fully saturated rings. The highest BCUT2D eigenvalue weighted by Crippen LogP contribution is 2.29. The van der Waals surface area contributed by atoms with Gasteiger partial charge in [-0.25, -0.2) is 0 Å². The number of carbonyl (C=O) groups excluding carboxylic acids is 1. The zero-order valence-corrected chi connectivity index (χ0v) is 18.2. The van der Waals surface area contributed by atoms with Gasteiger partial charge in [0.25, 0.3) is 5.91 Å². The van der Waals surface area contributed by atoms with Crippen LogP contribution in [0.5, 0.6) is 0 Å². The summed E-state index contributed by atoms with van der Waals surface area (Å²) in [6.45, 7) is 5.56. The van der Waals surface area contributed by atoms with Crippen LogP contribution in [0.2, 0.25) is 0 Å². The lowest BCUT2D eigenvalue weighted by Crippen LogP contribution is -2.34. The molecule has 3 N–H and O–H groups in total. The van der Waals surface area contributed by atoms with Gasteiger partial charge in [0.05, 0.1) is 12.7 Å². The van der Waals surface area contributed by atoms with E-state index >= 15 is 0 Å². The topological polar surface area (TPSA) is 110 Å². The second kappa shape index (κ2) is 10.6. The van der Waals surface area contributed by atoms with Crippen LogP contribution in [0.15, 0.2) is 58.5 Å². The summed E-state index contributed by atoms with van der Waals surface area (Å²) in [5, 5.41) is 32.1. The summed E-state index contributed by atoms with van der Waals surface area (Å²) in [7, 11) is 0. The quantitative estimate of drug-likeness (QED) is 0.353. The van der Waals surface area contributed by atoms with Crippen molar-refractivity contribution in [1.82, 2.24) is 5.32 Å². The Morgan fingerprint density at radius 3 is 2.56 bits per heavy atom. The molecule has 3 rings (SSSR count). The molecule has 0 aliphatic rings. The fourth-order valence-corrected chi connectivity index (χ4v) is 3.42. The van der Waals surface area contributed by atoms with Crippen molar-refractivity contribution in [3.8, 4) is 17.4 Å². The molecule has 0 radical (unpaired) electrons. The van der Waals surface area contributed by atoms with Crippen LogP contribution >= 0.6 is 0 Å². The van der Waals surface area contributed by atoms with Crippen molar-refractivity contribution >= 4 is 28.4 Å². The predicted octanol–water partition coefficient (Wildman–Crippen LogP) is 3.32. The molecule has 3 aromatic rings. The zero-order chi connectivity index (χ0) is 23.1. The molecule has 0 aliphatic carbocycles. The largest absolute Gasteiger partial charge is 0.457 e. The number of fused-ring (bicyclic) bond motifs is 1. The van der Waals surface area contributed by atoms with Crippen molar-refractivity contribution in [2.24, 2.45) is 0 Å². The zero-order valence-electron chi connectivity index (χ0n) is 18.2. The number of hydrogen-bond donors (Lipinski definition) is 3. The van der Waals surface area contributed by atoms with Crippen LogP contribution in [-0.2, 0) is 4.79 Å². The first-order chi connectivity index (χ1) is 15.5. The Labute approximate surface area is 187 Å². The lowest BCUT2D eigenvalue weighted by molar-refractivity contribution is -0.117. The molecule has 0 saturated heterocycles. The maximum atomic E-state index is 12.1. The number of rotatable bonds is 9. The number of aliphatic hydroxyl groups is 2. The number of nitrogens with zero attached hydrogens (tertiary/aromatic N) is 2. The first-order valence-corrected chi connectivity index (χ1v) is 10.6. The number of nitriles is 1. The molecule has 2 aromatic carbocycles. The molecule has 0 aliphatic heterocycles. The summed E-state index contributed by atoms with van der Waals surface area (Å²) in [4.78, 5) is 14.4. The van der Waals surface area contributed by atoms with E-state index in [9.17, 15) is 15.2 Å². The third-order valence-corrected chi connectivity index (χ3v) is 5.22. The minimum atomic E-state index is -1.08. The Morgan fingerprint density at radius 1 is 1.16 bits per heavy atom. The Kier molecular flexibility index (Phi) is 7.66. The summed E-state index contributed by atoms with van der Waals surface area (Å²) in [6, 6.07) is 17.8. The lowest BCUT2D eigenvalue weighted by atomic mass is 10.0. The Morgan fingerprint density at radius 2 is 1.88 bits per heavy atom. The van der Waals surface area contributed by atoms with Crippen molar-refractivity contribution < 1.29 is 19.4 Å². The highest BCUT2D eigenvalue weighted by Gasteiger charge is 2.13. The van der Waals surface area contributed by atoms with Gasteiger partial charge in [-0.1, -0.05) is 18.2 Å². The van der Waals surface area contributed by atoms with Gasteiger partial charge < -0.3 is 24.8 Å². The van der Waals surface area contributed by atoms with Crippen LogP contribution < -0.4 is 10.2 Å². The third kappa shape index (κ3) is 5.35. The molecule has 32 heavy (non-hydrogen) atoms. The van der Waals surface area contributed by atoms with Gasteiger partial charge in [-0.2, -0.15) is 5.26 Å².